The number of benzene rings is 2. The summed E-state index contributed by atoms with van der Waals surface area (Å²) in [5.41, 5.74) is 2.70. The molecule has 1 fully saturated rings. The van der Waals surface area contributed by atoms with E-state index in [9.17, 15) is 4.79 Å². The van der Waals surface area contributed by atoms with Gasteiger partial charge in [-0.15, -0.1) is 0 Å². The number of hydrogen-bond acceptors (Lipinski definition) is 3. The fourth-order valence-electron chi connectivity index (χ4n) is 3.24. The quantitative estimate of drug-likeness (QED) is 0.679. The van der Waals surface area contributed by atoms with E-state index < -0.39 is 0 Å². The molecule has 0 bridgehead atoms. The van der Waals surface area contributed by atoms with Gasteiger partial charge < -0.3 is 19.4 Å². The van der Waals surface area contributed by atoms with Crippen molar-refractivity contribution >= 4 is 5.91 Å². The smallest absolute Gasteiger partial charge is 0.251 e. The van der Waals surface area contributed by atoms with Crippen LogP contribution < -0.4 is 10.1 Å². The van der Waals surface area contributed by atoms with E-state index in [2.05, 4.69) is 5.32 Å². The Morgan fingerprint density at radius 2 is 1.82 bits per heavy atom. The van der Waals surface area contributed by atoms with E-state index in [1.807, 2.05) is 77.6 Å². The Morgan fingerprint density at radius 1 is 1.07 bits per heavy atom. The van der Waals surface area contributed by atoms with Crippen molar-refractivity contribution in [2.75, 3.05) is 13.2 Å². The lowest BCUT2D eigenvalue weighted by molar-refractivity contribution is 0.0679. The zero-order valence-corrected chi connectivity index (χ0v) is 15.7. The zero-order valence-electron chi connectivity index (χ0n) is 15.7. The summed E-state index contributed by atoms with van der Waals surface area (Å²) in [6.07, 6.45) is 6.34. The second kappa shape index (κ2) is 8.76. The van der Waals surface area contributed by atoms with E-state index in [4.69, 9.17) is 9.47 Å². The third kappa shape index (κ3) is 4.61. The van der Waals surface area contributed by atoms with Crippen LogP contribution in [-0.4, -0.2) is 29.8 Å². The normalized spacial score (nSPS) is 16.1. The summed E-state index contributed by atoms with van der Waals surface area (Å²) in [7, 11) is 0. The van der Waals surface area contributed by atoms with Gasteiger partial charge in [0.05, 0.1) is 6.10 Å². The van der Waals surface area contributed by atoms with Gasteiger partial charge in [-0.25, -0.2) is 0 Å². The van der Waals surface area contributed by atoms with E-state index in [-0.39, 0.29) is 12.0 Å². The maximum Gasteiger partial charge on any atom is 0.251 e. The van der Waals surface area contributed by atoms with Gasteiger partial charge in [-0.3, -0.25) is 4.79 Å². The number of carbonyl (C=O) groups excluding carboxylic acids is 1. The van der Waals surface area contributed by atoms with Crippen LogP contribution in [0.2, 0.25) is 0 Å². The maximum absolute atomic E-state index is 12.4. The minimum absolute atomic E-state index is 0.0854. The summed E-state index contributed by atoms with van der Waals surface area (Å²) in [6, 6.07) is 19.3. The van der Waals surface area contributed by atoms with E-state index in [0.717, 1.165) is 36.4 Å². The minimum Gasteiger partial charge on any atom is -0.491 e. The lowest BCUT2D eigenvalue weighted by atomic mass is 10.1. The molecule has 1 aromatic heterocycles. The highest BCUT2D eigenvalue weighted by atomic mass is 16.5. The molecule has 3 aromatic rings. The average molecular weight is 376 g/mol. The lowest BCUT2D eigenvalue weighted by Crippen LogP contribution is -2.22. The molecule has 0 saturated carbocycles. The molecular weight excluding hydrogens is 352 g/mol. The molecule has 1 aliphatic rings. The number of ether oxygens (including phenoxy) is 2. The van der Waals surface area contributed by atoms with Crippen molar-refractivity contribution in [2.45, 2.75) is 25.5 Å². The first-order chi connectivity index (χ1) is 13.8. The van der Waals surface area contributed by atoms with Gasteiger partial charge in [0, 0.05) is 36.8 Å². The van der Waals surface area contributed by atoms with E-state index in [1.54, 1.807) is 0 Å². The minimum atomic E-state index is -0.0854. The lowest BCUT2D eigenvalue weighted by Gasteiger charge is -2.12. The number of nitrogens with one attached hydrogen (secondary N) is 1. The number of rotatable bonds is 7. The molecule has 144 valence electrons. The largest absolute Gasteiger partial charge is 0.491 e. The monoisotopic (exact) mass is 376 g/mol. The second-order valence-electron chi connectivity index (χ2n) is 6.91. The summed E-state index contributed by atoms with van der Waals surface area (Å²) >= 11 is 0. The molecule has 5 nitrogen and oxygen atoms in total. The summed E-state index contributed by atoms with van der Waals surface area (Å²) < 4.78 is 13.3. The molecule has 28 heavy (non-hydrogen) atoms. The van der Waals surface area contributed by atoms with Crippen LogP contribution >= 0.6 is 0 Å². The Bertz CT molecular complexity index is 881. The molecule has 2 heterocycles. The molecule has 5 heteroatoms. The van der Waals surface area contributed by atoms with Crippen molar-refractivity contribution in [2.24, 2.45) is 0 Å². The summed E-state index contributed by atoms with van der Waals surface area (Å²) in [5, 5.41) is 2.96. The van der Waals surface area contributed by atoms with Crippen LogP contribution in [0.25, 0.3) is 5.69 Å². The number of hydrogen-bond donors (Lipinski definition) is 1. The van der Waals surface area contributed by atoms with Crippen molar-refractivity contribution < 1.29 is 14.3 Å². The predicted octanol–water partition coefficient (Wildman–Crippen LogP) is 3.97. The van der Waals surface area contributed by atoms with Gasteiger partial charge in [0.15, 0.2) is 0 Å². The van der Waals surface area contributed by atoms with Crippen LogP contribution in [0, 0.1) is 0 Å². The molecule has 1 atom stereocenters. The Labute approximate surface area is 164 Å². The maximum atomic E-state index is 12.4. The van der Waals surface area contributed by atoms with Crippen LogP contribution in [-0.2, 0) is 11.3 Å². The van der Waals surface area contributed by atoms with E-state index in [1.165, 1.54) is 0 Å². The third-order valence-electron chi connectivity index (χ3n) is 4.87. The fraction of sp³-hybridized carbons (Fsp3) is 0.261. The molecule has 0 aliphatic carbocycles. The van der Waals surface area contributed by atoms with Crippen LogP contribution in [0.5, 0.6) is 5.75 Å². The topological polar surface area (TPSA) is 52.5 Å². The Kier molecular flexibility index (Phi) is 5.73. The van der Waals surface area contributed by atoms with E-state index >= 15 is 0 Å². The van der Waals surface area contributed by atoms with Crippen LogP contribution in [0.3, 0.4) is 0 Å². The van der Waals surface area contributed by atoms with Gasteiger partial charge >= 0.3 is 0 Å². The van der Waals surface area contributed by atoms with Gasteiger partial charge in [-0.1, -0.05) is 12.1 Å². The molecule has 0 radical (unpaired) electrons. The third-order valence-corrected chi connectivity index (χ3v) is 4.87. The molecule has 1 saturated heterocycles. The number of nitrogens with zero attached hydrogens (tertiary/aromatic N) is 1. The highest BCUT2D eigenvalue weighted by molar-refractivity contribution is 5.94. The highest BCUT2D eigenvalue weighted by Crippen LogP contribution is 2.17. The molecule has 2 aromatic carbocycles. The molecule has 1 aliphatic heterocycles. The van der Waals surface area contributed by atoms with E-state index in [0.29, 0.717) is 18.7 Å². The standard InChI is InChI=1S/C23H24N2O3/c26-23(19-7-9-20(10-8-19)25-13-1-2-14-25)24-16-18-5-11-21(12-6-18)28-17-22-4-3-15-27-22/h1-2,5-14,22H,3-4,15-17H2,(H,24,26). The highest BCUT2D eigenvalue weighted by Gasteiger charge is 2.15. The first-order valence-corrected chi connectivity index (χ1v) is 9.63. The molecule has 1 unspecified atom stereocenters. The molecule has 4 rings (SSSR count). The second-order valence-corrected chi connectivity index (χ2v) is 6.91. The summed E-state index contributed by atoms with van der Waals surface area (Å²) in [4.78, 5) is 12.4. The first kappa shape index (κ1) is 18.3. The number of aromatic nitrogens is 1. The van der Waals surface area contributed by atoms with Crippen LogP contribution in [0.15, 0.2) is 73.1 Å². The predicted molar refractivity (Wildman–Crippen MR) is 108 cm³/mol. The van der Waals surface area contributed by atoms with Crippen molar-refractivity contribution in [3.63, 3.8) is 0 Å². The van der Waals surface area contributed by atoms with Crippen molar-refractivity contribution in [3.05, 3.63) is 84.2 Å². The van der Waals surface area contributed by atoms with Gasteiger partial charge in [0.2, 0.25) is 0 Å². The number of amides is 1. The van der Waals surface area contributed by atoms with Gasteiger partial charge in [-0.2, -0.15) is 0 Å². The fourth-order valence-corrected chi connectivity index (χ4v) is 3.24. The Hall–Kier alpha value is -3.05. The SMILES string of the molecule is O=C(NCc1ccc(OCC2CCCO2)cc1)c1ccc(-n2cccc2)cc1. The van der Waals surface area contributed by atoms with Crippen LogP contribution in [0.1, 0.15) is 28.8 Å². The summed E-state index contributed by atoms with van der Waals surface area (Å²) in [5.74, 6) is 0.740. The van der Waals surface area contributed by atoms with Gasteiger partial charge in [0.25, 0.3) is 5.91 Å². The van der Waals surface area contributed by atoms with Crippen LogP contribution in [0.4, 0.5) is 0 Å². The van der Waals surface area contributed by atoms with Crippen molar-refractivity contribution in [1.82, 2.24) is 9.88 Å². The zero-order chi connectivity index (χ0) is 19.2. The molecule has 0 spiro atoms. The molecular formula is C23H24N2O3. The van der Waals surface area contributed by atoms with Crippen molar-refractivity contribution in [3.8, 4) is 11.4 Å². The van der Waals surface area contributed by atoms with Crippen molar-refractivity contribution in [1.29, 1.82) is 0 Å². The van der Waals surface area contributed by atoms with Gasteiger partial charge in [0.1, 0.15) is 12.4 Å². The Balaban J connectivity index is 1.27. The Morgan fingerprint density at radius 3 is 2.50 bits per heavy atom. The molecule has 1 amide bonds. The number of carbonyl (C=O) groups is 1. The first-order valence-electron chi connectivity index (χ1n) is 9.63. The molecule has 1 N–H and O–H groups in total. The summed E-state index contributed by atoms with van der Waals surface area (Å²) in [6.45, 7) is 1.90. The average Bonchev–Trinajstić information content (AvgIpc) is 3.45. The van der Waals surface area contributed by atoms with Gasteiger partial charge in [-0.05, 0) is 66.9 Å².